The van der Waals surface area contributed by atoms with Crippen LogP contribution in [0.2, 0.25) is 0 Å². The van der Waals surface area contributed by atoms with E-state index in [1.165, 1.54) is 0 Å². The molecule has 0 aliphatic heterocycles. The van der Waals surface area contributed by atoms with Crippen molar-refractivity contribution in [3.8, 4) is 0 Å². The Morgan fingerprint density at radius 3 is 2.38 bits per heavy atom. The van der Waals surface area contributed by atoms with Crippen LogP contribution in [0, 0.1) is 5.92 Å². The lowest BCUT2D eigenvalue weighted by molar-refractivity contribution is 0.280. The molecular formula is C18H24N2O. The van der Waals surface area contributed by atoms with Crippen molar-refractivity contribution in [1.82, 2.24) is 10.3 Å². The third-order valence-electron chi connectivity index (χ3n) is 3.58. The van der Waals surface area contributed by atoms with Crippen molar-refractivity contribution in [2.24, 2.45) is 5.92 Å². The summed E-state index contributed by atoms with van der Waals surface area (Å²) in [6.07, 6.45) is 2.88. The fraction of sp³-hybridized carbons (Fsp3) is 0.389. The van der Waals surface area contributed by atoms with E-state index < -0.39 is 0 Å². The van der Waals surface area contributed by atoms with E-state index in [1.807, 2.05) is 36.5 Å². The van der Waals surface area contributed by atoms with E-state index in [9.17, 15) is 5.11 Å². The molecule has 112 valence electrons. The summed E-state index contributed by atoms with van der Waals surface area (Å²) in [5.41, 5.74) is 3.20. The van der Waals surface area contributed by atoms with Crippen molar-refractivity contribution in [3.05, 3.63) is 65.5 Å². The van der Waals surface area contributed by atoms with Gasteiger partial charge in [-0.2, -0.15) is 0 Å². The Balaban J connectivity index is 2.09. The number of rotatable bonds is 7. The van der Waals surface area contributed by atoms with Crippen LogP contribution >= 0.6 is 0 Å². The topological polar surface area (TPSA) is 45.1 Å². The van der Waals surface area contributed by atoms with Crippen LogP contribution in [-0.2, 0) is 13.2 Å². The van der Waals surface area contributed by atoms with Gasteiger partial charge in [0.2, 0.25) is 0 Å². The number of benzene rings is 1. The zero-order chi connectivity index (χ0) is 15.1. The first kappa shape index (κ1) is 15.7. The minimum absolute atomic E-state index is 0.0797. The largest absolute Gasteiger partial charge is 0.392 e. The molecule has 1 aromatic carbocycles. The summed E-state index contributed by atoms with van der Waals surface area (Å²) in [6.45, 7) is 5.26. The molecular weight excluding hydrogens is 260 g/mol. The van der Waals surface area contributed by atoms with Gasteiger partial charge in [-0.15, -0.1) is 0 Å². The molecule has 0 fully saturated rings. The Morgan fingerprint density at radius 2 is 1.76 bits per heavy atom. The van der Waals surface area contributed by atoms with Crippen LogP contribution in [0.1, 0.15) is 43.1 Å². The summed E-state index contributed by atoms with van der Waals surface area (Å²) < 4.78 is 0. The van der Waals surface area contributed by atoms with Gasteiger partial charge in [0, 0.05) is 18.8 Å². The standard InChI is InChI=1S/C18H24N2O/c1-14(2)11-18(17-9-5-6-10-19-17)20-12-15-7-3-4-8-16(15)13-21/h3-10,14,18,20-21H,11-13H2,1-2H3. The van der Waals surface area contributed by atoms with Gasteiger partial charge in [-0.3, -0.25) is 4.98 Å². The molecule has 0 spiro atoms. The number of hydrogen-bond acceptors (Lipinski definition) is 3. The summed E-state index contributed by atoms with van der Waals surface area (Å²) in [5, 5.41) is 13.0. The third kappa shape index (κ3) is 4.66. The molecule has 0 saturated heterocycles. The SMILES string of the molecule is CC(C)CC(NCc1ccccc1CO)c1ccccn1. The second kappa shape index (κ2) is 7.91. The minimum Gasteiger partial charge on any atom is -0.392 e. The van der Waals surface area contributed by atoms with Crippen molar-refractivity contribution < 1.29 is 5.11 Å². The molecule has 3 heteroatoms. The lowest BCUT2D eigenvalue weighted by Crippen LogP contribution is -2.24. The maximum atomic E-state index is 9.41. The molecule has 2 aromatic rings. The van der Waals surface area contributed by atoms with E-state index >= 15 is 0 Å². The number of nitrogens with one attached hydrogen (secondary N) is 1. The van der Waals surface area contributed by atoms with Gasteiger partial charge in [-0.1, -0.05) is 44.2 Å². The summed E-state index contributed by atoms with van der Waals surface area (Å²) >= 11 is 0. The smallest absolute Gasteiger partial charge is 0.0685 e. The van der Waals surface area contributed by atoms with Gasteiger partial charge in [0.1, 0.15) is 0 Å². The lowest BCUT2D eigenvalue weighted by atomic mass is 10.00. The van der Waals surface area contributed by atoms with Gasteiger partial charge in [0.25, 0.3) is 0 Å². The Morgan fingerprint density at radius 1 is 1.05 bits per heavy atom. The quantitative estimate of drug-likeness (QED) is 0.818. The third-order valence-corrected chi connectivity index (χ3v) is 3.58. The first-order chi connectivity index (χ1) is 10.2. The van der Waals surface area contributed by atoms with E-state index in [0.29, 0.717) is 5.92 Å². The number of aromatic nitrogens is 1. The summed E-state index contributed by atoms with van der Waals surface area (Å²) in [6, 6.07) is 14.3. The molecule has 3 nitrogen and oxygen atoms in total. The number of aliphatic hydroxyl groups excluding tert-OH is 1. The first-order valence-corrected chi connectivity index (χ1v) is 7.52. The maximum absolute atomic E-state index is 9.41. The van der Waals surface area contributed by atoms with Crippen molar-refractivity contribution in [2.45, 2.75) is 39.5 Å². The normalized spacial score (nSPS) is 12.6. The molecule has 0 aliphatic rings. The molecule has 1 unspecified atom stereocenters. The summed E-state index contributed by atoms with van der Waals surface area (Å²) in [7, 11) is 0. The van der Waals surface area contributed by atoms with E-state index in [0.717, 1.165) is 29.8 Å². The molecule has 0 bridgehead atoms. The highest BCUT2D eigenvalue weighted by Crippen LogP contribution is 2.20. The van der Waals surface area contributed by atoms with Crippen LogP contribution in [0.5, 0.6) is 0 Å². The van der Waals surface area contributed by atoms with Gasteiger partial charge >= 0.3 is 0 Å². The molecule has 2 N–H and O–H groups in total. The molecule has 1 atom stereocenters. The Bertz CT molecular complexity index is 540. The molecule has 0 saturated carbocycles. The minimum atomic E-state index is 0.0797. The van der Waals surface area contributed by atoms with Crippen molar-refractivity contribution in [1.29, 1.82) is 0 Å². The molecule has 1 aromatic heterocycles. The molecule has 2 rings (SSSR count). The highest BCUT2D eigenvalue weighted by atomic mass is 16.3. The van der Waals surface area contributed by atoms with Crippen LogP contribution in [0.15, 0.2) is 48.7 Å². The van der Waals surface area contributed by atoms with Gasteiger partial charge in [0.15, 0.2) is 0 Å². The lowest BCUT2D eigenvalue weighted by Gasteiger charge is -2.21. The highest BCUT2D eigenvalue weighted by molar-refractivity contribution is 5.26. The highest BCUT2D eigenvalue weighted by Gasteiger charge is 2.14. The predicted octanol–water partition coefficient (Wildman–Crippen LogP) is 3.45. The van der Waals surface area contributed by atoms with Gasteiger partial charge in [-0.25, -0.2) is 0 Å². The Hall–Kier alpha value is -1.71. The summed E-state index contributed by atoms with van der Waals surface area (Å²) in [5.74, 6) is 0.595. The van der Waals surface area contributed by atoms with E-state index in [-0.39, 0.29) is 12.6 Å². The zero-order valence-corrected chi connectivity index (χ0v) is 12.8. The average Bonchev–Trinajstić information content (AvgIpc) is 2.52. The molecule has 0 aliphatic carbocycles. The van der Waals surface area contributed by atoms with Crippen molar-refractivity contribution in [2.75, 3.05) is 0 Å². The van der Waals surface area contributed by atoms with Crippen molar-refractivity contribution >= 4 is 0 Å². The number of pyridine rings is 1. The fourth-order valence-corrected chi connectivity index (χ4v) is 2.48. The van der Waals surface area contributed by atoms with Crippen LogP contribution in [0.25, 0.3) is 0 Å². The monoisotopic (exact) mass is 284 g/mol. The van der Waals surface area contributed by atoms with Crippen LogP contribution in [0.4, 0.5) is 0 Å². The molecule has 0 amide bonds. The zero-order valence-electron chi connectivity index (χ0n) is 12.8. The Kier molecular flexibility index (Phi) is 5.90. The van der Waals surface area contributed by atoms with E-state index in [1.54, 1.807) is 0 Å². The first-order valence-electron chi connectivity index (χ1n) is 7.52. The van der Waals surface area contributed by atoms with Gasteiger partial charge in [0.05, 0.1) is 12.3 Å². The van der Waals surface area contributed by atoms with Crippen LogP contribution < -0.4 is 5.32 Å². The van der Waals surface area contributed by atoms with Gasteiger partial charge < -0.3 is 10.4 Å². The predicted molar refractivity (Wildman–Crippen MR) is 85.6 cm³/mol. The van der Waals surface area contributed by atoms with E-state index in [2.05, 4.69) is 36.3 Å². The number of aliphatic hydroxyl groups is 1. The van der Waals surface area contributed by atoms with Crippen LogP contribution in [-0.4, -0.2) is 10.1 Å². The Labute approximate surface area is 127 Å². The number of hydrogen-bond donors (Lipinski definition) is 2. The molecule has 0 radical (unpaired) electrons. The average molecular weight is 284 g/mol. The molecule has 1 heterocycles. The number of nitrogens with zero attached hydrogens (tertiary/aromatic N) is 1. The fourth-order valence-electron chi connectivity index (χ4n) is 2.48. The second-order valence-corrected chi connectivity index (χ2v) is 5.74. The van der Waals surface area contributed by atoms with E-state index in [4.69, 9.17) is 0 Å². The van der Waals surface area contributed by atoms with Crippen LogP contribution in [0.3, 0.4) is 0 Å². The second-order valence-electron chi connectivity index (χ2n) is 5.74. The maximum Gasteiger partial charge on any atom is 0.0685 e. The van der Waals surface area contributed by atoms with Crippen molar-refractivity contribution in [3.63, 3.8) is 0 Å². The molecule has 21 heavy (non-hydrogen) atoms. The van der Waals surface area contributed by atoms with Gasteiger partial charge in [-0.05, 0) is 35.6 Å². The summed E-state index contributed by atoms with van der Waals surface area (Å²) in [4.78, 5) is 4.48.